The summed E-state index contributed by atoms with van der Waals surface area (Å²) in [6.07, 6.45) is -4.84. The number of hydrogen-bond donors (Lipinski definition) is 1. The van der Waals surface area contributed by atoms with Gasteiger partial charge in [0.05, 0.1) is 0 Å². The number of carboxylic acid groups (broad SMARTS) is 1. The van der Waals surface area contributed by atoms with Gasteiger partial charge >= 0.3 is 12.1 Å². The second-order valence-corrected chi connectivity index (χ2v) is 5.14. The van der Waals surface area contributed by atoms with Crippen molar-refractivity contribution in [1.82, 2.24) is 4.90 Å². The third-order valence-electron chi connectivity index (χ3n) is 2.53. The average Bonchev–Trinajstić information content (AvgIpc) is 2.20. The third-order valence-corrected chi connectivity index (χ3v) is 3.38. The standard InChI is InChI=1S/C10H16F3NO3S/c1-6(9(16)17)14(3)8(10(11,12)13)4-5-18-7(2)15/h6,8H,4-5H2,1-3H3,(H,16,17)/t6-,8?/m0/s1. The van der Waals surface area contributed by atoms with Crippen LogP contribution in [0, 0.1) is 0 Å². The van der Waals surface area contributed by atoms with Gasteiger partial charge in [0.2, 0.25) is 0 Å². The number of rotatable bonds is 6. The lowest BCUT2D eigenvalue weighted by atomic mass is 10.1. The van der Waals surface area contributed by atoms with Crippen molar-refractivity contribution >= 4 is 22.8 Å². The maximum atomic E-state index is 12.8. The number of halogens is 3. The normalized spacial score (nSPS) is 15.5. The molecule has 0 fully saturated rings. The first kappa shape index (κ1) is 17.2. The fourth-order valence-corrected chi connectivity index (χ4v) is 1.99. The van der Waals surface area contributed by atoms with Crippen molar-refractivity contribution in [2.45, 2.75) is 38.5 Å². The highest BCUT2D eigenvalue weighted by Gasteiger charge is 2.44. The number of hydrogen-bond acceptors (Lipinski definition) is 4. The van der Waals surface area contributed by atoms with Crippen molar-refractivity contribution in [2.24, 2.45) is 0 Å². The lowest BCUT2D eigenvalue weighted by molar-refractivity contribution is -0.188. The summed E-state index contributed by atoms with van der Waals surface area (Å²) in [5.74, 6) is -1.30. The fraction of sp³-hybridized carbons (Fsp3) is 0.800. The third kappa shape index (κ3) is 5.72. The van der Waals surface area contributed by atoms with E-state index in [1.165, 1.54) is 13.8 Å². The topological polar surface area (TPSA) is 57.6 Å². The minimum absolute atomic E-state index is 0.0101. The lowest BCUT2D eigenvalue weighted by Gasteiger charge is -2.32. The quantitative estimate of drug-likeness (QED) is 0.809. The summed E-state index contributed by atoms with van der Waals surface area (Å²) in [5, 5.41) is 8.45. The molecule has 0 saturated heterocycles. The Bertz CT molecular complexity index is 309. The summed E-state index contributed by atoms with van der Waals surface area (Å²) in [7, 11) is 1.12. The summed E-state index contributed by atoms with van der Waals surface area (Å²) in [6, 6.07) is -3.10. The van der Waals surface area contributed by atoms with Crippen LogP contribution < -0.4 is 0 Å². The van der Waals surface area contributed by atoms with E-state index in [0.717, 1.165) is 23.7 Å². The fourth-order valence-electron chi connectivity index (χ4n) is 1.36. The van der Waals surface area contributed by atoms with E-state index in [9.17, 15) is 22.8 Å². The van der Waals surface area contributed by atoms with Crippen LogP contribution in [0.2, 0.25) is 0 Å². The molecule has 18 heavy (non-hydrogen) atoms. The van der Waals surface area contributed by atoms with Crippen molar-refractivity contribution in [2.75, 3.05) is 12.8 Å². The molecule has 0 aromatic carbocycles. The van der Waals surface area contributed by atoms with Gasteiger partial charge in [0.15, 0.2) is 5.12 Å². The summed E-state index contributed by atoms with van der Waals surface area (Å²) in [5.41, 5.74) is 0. The highest BCUT2D eigenvalue weighted by atomic mass is 32.2. The molecule has 0 aliphatic heterocycles. The van der Waals surface area contributed by atoms with Crippen LogP contribution in [-0.4, -0.2) is 52.2 Å². The number of alkyl halides is 3. The van der Waals surface area contributed by atoms with Gasteiger partial charge in [0.1, 0.15) is 12.1 Å². The van der Waals surface area contributed by atoms with E-state index < -0.39 is 24.2 Å². The van der Waals surface area contributed by atoms with Crippen LogP contribution in [0.1, 0.15) is 20.3 Å². The molecular formula is C10H16F3NO3S. The molecule has 0 aliphatic carbocycles. The summed E-state index contributed by atoms with van der Waals surface area (Å²) in [6.45, 7) is 2.47. The van der Waals surface area contributed by atoms with Crippen LogP contribution in [0.25, 0.3) is 0 Å². The second-order valence-electron chi connectivity index (χ2n) is 3.87. The number of carboxylic acids is 1. The molecule has 0 amide bonds. The van der Waals surface area contributed by atoms with Crippen LogP contribution in [0.15, 0.2) is 0 Å². The summed E-state index contributed by atoms with van der Waals surface area (Å²) < 4.78 is 38.4. The van der Waals surface area contributed by atoms with E-state index in [1.54, 1.807) is 0 Å². The van der Waals surface area contributed by atoms with Crippen LogP contribution in [-0.2, 0) is 9.59 Å². The van der Waals surface area contributed by atoms with Gasteiger partial charge in [-0.25, -0.2) is 0 Å². The molecule has 0 radical (unpaired) electrons. The molecule has 0 spiro atoms. The molecule has 1 unspecified atom stereocenters. The maximum absolute atomic E-state index is 12.8. The molecule has 0 saturated carbocycles. The highest BCUT2D eigenvalue weighted by molar-refractivity contribution is 8.13. The predicted octanol–water partition coefficient (Wildman–Crippen LogP) is 1.99. The first-order valence-corrected chi connectivity index (χ1v) is 6.20. The zero-order valence-electron chi connectivity index (χ0n) is 10.3. The Kier molecular flexibility index (Phi) is 6.69. The first-order valence-electron chi connectivity index (χ1n) is 5.22. The molecule has 0 aliphatic rings. The van der Waals surface area contributed by atoms with Gasteiger partial charge in [-0.05, 0) is 20.4 Å². The minimum Gasteiger partial charge on any atom is -0.480 e. The molecule has 0 aromatic rings. The van der Waals surface area contributed by atoms with Gasteiger partial charge in [-0.2, -0.15) is 13.2 Å². The molecule has 0 bridgehead atoms. The predicted molar refractivity (Wildman–Crippen MR) is 62.5 cm³/mol. The van der Waals surface area contributed by atoms with Gasteiger partial charge in [-0.3, -0.25) is 14.5 Å². The number of carbonyl (C=O) groups is 2. The smallest absolute Gasteiger partial charge is 0.404 e. The van der Waals surface area contributed by atoms with Crippen molar-refractivity contribution in [3.8, 4) is 0 Å². The highest BCUT2D eigenvalue weighted by Crippen LogP contribution is 2.28. The monoisotopic (exact) mass is 287 g/mol. The Morgan fingerprint density at radius 2 is 1.89 bits per heavy atom. The molecule has 8 heteroatoms. The molecule has 0 rings (SSSR count). The lowest BCUT2D eigenvalue weighted by Crippen LogP contribution is -2.50. The Labute approximate surface area is 108 Å². The van der Waals surface area contributed by atoms with E-state index in [4.69, 9.17) is 5.11 Å². The molecular weight excluding hydrogens is 271 g/mol. The van der Waals surface area contributed by atoms with Crippen molar-refractivity contribution < 1.29 is 27.9 Å². The Balaban J connectivity index is 4.68. The largest absolute Gasteiger partial charge is 0.480 e. The van der Waals surface area contributed by atoms with Crippen LogP contribution in [0.3, 0.4) is 0 Å². The number of carbonyl (C=O) groups excluding carboxylic acids is 1. The minimum atomic E-state index is -4.52. The Morgan fingerprint density at radius 1 is 1.39 bits per heavy atom. The van der Waals surface area contributed by atoms with Gasteiger partial charge in [-0.15, -0.1) is 0 Å². The molecule has 2 atom stereocenters. The van der Waals surface area contributed by atoms with Gasteiger partial charge in [-0.1, -0.05) is 11.8 Å². The van der Waals surface area contributed by atoms with Gasteiger partial charge < -0.3 is 5.11 Å². The second kappa shape index (κ2) is 6.98. The van der Waals surface area contributed by atoms with Gasteiger partial charge in [0, 0.05) is 12.7 Å². The zero-order valence-corrected chi connectivity index (χ0v) is 11.1. The molecule has 0 heterocycles. The van der Waals surface area contributed by atoms with Crippen LogP contribution in [0.5, 0.6) is 0 Å². The number of aliphatic carboxylic acids is 1. The SMILES string of the molecule is CC(=O)SCCC(N(C)[C@@H](C)C(=O)O)C(F)(F)F. The van der Waals surface area contributed by atoms with E-state index in [1.807, 2.05) is 0 Å². The number of thioether (sulfide) groups is 1. The Hall–Kier alpha value is -0.760. The van der Waals surface area contributed by atoms with E-state index >= 15 is 0 Å². The molecule has 106 valence electrons. The van der Waals surface area contributed by atoms with Crippen LogP contribution >= 0.6 is 11.8 Å². The van der Waals surface area contributed by atoms with Crippen molar-refractivity contribution in [1.29, 1.82) is 0 Å². The van der Waals surface area contributed by atoms with Crippen LogP contribution in [0.4, 0.5) is 13.2 Å². The van der Waals surface area contributed by atoms with Crippen molar-refractivity contribution in [3.05, 3.63) is 0 Å². The average molecular weight is 287 g/mol. The summed E-state index contributed by atoms with van der Waals surface area (Å²) in [4.78, 5) is 22.1. The molecule has 1 N–H and O–H groups in total. The Morgan fingerprint density at radius 3 is 2.22 bits per heavy atom. The van der Waals surface area contributed by atoms with Crippen molar-refractivity contribution in [3.63, 3.8) is 0 Å². The first-order chi connectivity index (χ1) is 8.07. The molecule has 4 nitrogen and oxygen atoms in total. The maximum Gasteiger partial charge on any atom is 0.404 e. The number of likely N-dealkylation sites (N-methyl/N-ethyl adjacent to an activating group) is 1. The van der Waals surface area contributed by atoms with E-state index in [0.29, 0.717) is 0 Å². The number of nitrogens with zero attached hydrogens (tertiary/aromatic N) is 1. The van der Waals surface area contributed by atoms with E-state index in [2.05, 4.69) is 0 Å². The zero-order chi connectivity index (χ0) is 14.5. The van der Waals surface area contributed by atoms with E-state index in [-0.39, 0.29) is 17.3 Å². The summed E-state index contributed by atoms with van der Waals surface area (Å²) >= 11 is 0.800. The molecule has 0 aromatic heterocycles. The van der Waals surface area contributed by atoms with Gasteiger partial charge in [0.25, 0.3) is 0 Å².